The molecule has 0 aromatic heterocycles. The molecule has 0 rings (SSSR count). The fourth-order valence-corrected chi connectivity index (χ4v) is 1.61. The van der Waals surface area contributed by atoms with Crippen molar-refractivity contribution in [2.24, 2.45) is 17.6 Å². The molecule has 0 fully saturated rings. The lowest BCUT2D eigenvalue weighted by atomic mass is 9.94. The first-order valence-corrected chi connectivity index (χ1v) is 6.10. The molecule has 0 saturated carbocycles. The van der Waals surface area contributed by atoms with Gasteiger partial charge in [0.25, 0.3) is 0 Å². The van der Waals surface area contributed by atoms with Gasteiger partial charge in [-0.2, -0.15) is 0 Å². The fraction of sp³-hybridized carbons (Fsp3) is 0.917. The fourth-order valence-electron chi connectivity index (χ4n) is 1.61. The van der Waals surface area contributed by atoms with Gasteiger partial charge >= 0.3 is 0 Å². The van der Waals surface area contributed by atoms with E-state index in [9.17, 15) is 9.90 Å². The van der Waals surface area contributed by atoms with E-state index in [2.05, 4.69) is 19.2 Å². The number of carbonyl (C=O) groups excluding carboxylic acids is 1. The Labute approximate surface area is 103 Å². The van der Waals surface area contributed by atoms with Crippen molar-refractivity contribution in [1.82, 2.24) is 5.32 Å². The van der Waals surface area contributed by atoms with E-state index < -0.39 is 5.60 Å². The topological polar surface area (TPSA) is 95.6 Å². The van der Waals surface area contributed by atoms with Gasteiger partial charge in [-0.15, -0.1) is 0 Å². The lowest BCUT2D eigenvalue weighted by Gasteiger charge is -2.22. The minimum absolute atomic E-state index is 0.0568. The van der Waals surface area contributed by atoms with Crippen LogP contribution in [0.15, 0.2) is 0 Å². The maximum Gasteiger partial charge on any atom is 0.220 e. The highest BCUT2D eigenvalue weighted by Crippen LogP contribution is 2.14. The summed E-state index contributed by atoms with van der Waals surface area (Å²) in [6, 6.07) is 0. The minimum Gasteiger partial charge on any atom is -0.393 e. The third-order valence-electron chi connectivity index (χ3n) is 2.62. The van der Waals surface area contributed by atoms with Crippen LogP contribution in [0.3, 0.4) is 0 Å². The van der Waals surface area contributed by atoms with Crippen molar-refractivity contribution in [2.45, 2.75) is 39.2 Å². The summed E-state index contributed by atoms with van der Waals surface area (Å²) in [5, 5.41) is 21.0. The van der Waals surface area contributed by atoms with Crippen LogP contribution in [0.25, 0.3) is 0 Å². The first-order chi connectivity index (χ1) is 7.80. The van der Waals surface area contributed by atoms with Crippen LogP contribution in [0.5, 0.6) is 0 Å². The van der Waals surface area contributed by atoms with E-state index >= 15 is 0 Å². The van der Waals surface area contributed by atoms with E-state index in [4.69, 9.17) is 10.8 Å². The Hall–Kier alpha value is -0.650. The molecule has 0 aliphatic rings. The van der Waals surface area contributed by atoms with E-state index in [1.54, 1.807) is 0 Å². The maximum absolute atomic E-state index is 11.6. The van der Waals surface area contributed by atoms with Crippen LogP contribution in [-0.2, 0) is 4.79 Å². The number of rotatable bonds is 8. The average Bonchev–Trinajstić information content (AvgIpc) is 2.25. The number of carbonyl (C=O) groups is 1. The minimum atomic E-state index is -1.26. The molecule has 2 atom stereocenters. The van der Waals surface area contributed by atoms with Crippen molar-refractivity contribution in [1.29, 1.82) is 0 Å². The highest BCUT2D eigenvalue weighted by Gasteiger charge is 2.21. The van der Waals surface area contributed by atoms with Crippen LogP contribution in [0.4, 0.5) is 0 Å². The molecule has 0 radical (unpaired) electrons. The summed E-state index contributed by atoms with van der Waals surface area (Å²) in [7, 11) is 0. The van der Waals surface area contributed by atoms with Gasteiger partial charge in [0.15, 0.2) is 0 Å². The molecule has 0 aromatic rings. The zero-order valence-electron chi connectivity index (χ0n) is 11.1. The van der Waals surface area contributed by atoms with E-state index in [-0.39, 0.29) is 25.0 Å². The summed E-state index contributed by atoms with van der Waals surface area (Å²) < 4.78 is 0. The molecular formula is C12H26N2O3. The number of hydrogen-bond donors (Lipinski definition) is 4. The number of amides is 1. The lowest BCUT2D eigenvalue weighted by Crippen LogP contribution is -2.43. The highest BCUT2D eigenvalue weighted by atomic mass is 16.3. The van der Waals surface area contributed by atoms with Crippen LogP contribution in [0.1, 0.15) is 33.6 Å². The highest BCUT2D eigenvalue weighted by molar-refractivity contribution is 5.76. The van der Waals surface area contributed by atoms with Crippen molar-refractivity contribution in [2.75, 3.05) is 19.7 Å². The molecule has 0 saturated heterocycles. The van der Waals surface area contributed by atoms with Crippen LogP contribution in [0.2, 0.25) is 0 Å². The molecule has 5 N–H and O–H groups in total. The monoisotopic (exact) mass is 246 g/mol. The van der Waals surface area contributed by atoms with Gasteiger partial charge in [0.1, 0.15) is 5.60 Å². The molecule has 1 unspecified atom stereocenters. The molecule has 5 nitrogen and oxygen atoms in total. The first-order valence-electron chi connectivity index (χ1n) is 6.10. The molecule has 1 amide bonds. The number of nitrogens with two attached hydrogens (primary N) is 1. The van der Waals surface area contributed by atoms with Gasteiger partial charge in [0, 0.05) is 13.0 Å². The number of nitrogens with one attached hydrogen (secondary N) is 1. The van der Waals surface area contributed by atoms with Gasteiger partial charge in [-0.1, -0.05) is 13.8 Å². The smallest absolute Gasteiger partial charge is 0.220 e. The summed E-state index contributed by atoms with van der Waals surface area (Å²) >= 11 is 0. The van der Waals surface area contributed by atoms with Crippen LogP contribution < -0.4 is 11.1 Å². The third kappa shape index (κ3) is 8.12. The zero-order chi connectivity index (χ0) is 13.5. The lowest BCUT2D eigenvalue weighted by molar-refractivity contribution is -0.123. The van der Waals surface area contributed by atoms with Gasteiger partial charge < -0.3 is 21.3 Å². The second-order valence-corrected chi connectivity index (χ2v) is 5.37. The Bertz CT molecular complexity index is 230. The van der Waals surface area contributed by atoms with Crippen molar-refractivity contribution >= 4 is 5.91 Å². The Morgan fingerprint density at radius 2 is 2.06 bits per heavy atom. The molecule has 0 spiro atoms. The molecule has 0 aliphatic heterocycles. The largest absolute Gasteiger partial charge is 0.393 e. The van der Waals surface area contributed by atoms with Crippen LogP contribution in [-0.4, -0.2) is 41.4 Å². The molecule has 0 aliphatic carbocycles. The van der Waals surface area contributed by atoms with Crippen molar-refractivity contribution < 1.29 is 15.0 Å². The molecular weight excluding hydrogens is 220 g/mol. The van der Waals surface area contributed by atoms with Gasteiger partial charge in [-0.3, -0.25) is 4.79 Å². The van der Waals surface area contributed by atoms with E-state index in [0.29, 0.717) is 18.9 Å². The first kappa shape index (κ1) is 16.4. The van der Waals surface area contributed by atoms with E-state index in [1.165, 1.54) is 6.92 Å². The van der Waals surface area contributed by atoms with Crippen molar-refractivity contribution in [3.63, 3.8) is 0 Å². The molecule has 17 heavy (non-hydrogen) atoms. The summed E-state index contributed by atoms with van der Waals surface area (Å²) in [5.41, 5.74) is 4.35. The average molecular weight is 246 g/mol. The number of hydrogen-bond acceptors (Lipinski definition) is 4. The Morgan fingerprint density at radius 3 is 2.47 bits per heavy atom. The molecule has 0 bridgehead atoms. The van der Waals surface area contributed by atoms with Gasteiger partial charge in [-0.25, -0.2) is 0 Å². The normalized spacial score (nSPS) is 16.6. The van der Waals surface area contributed by atoms with E-state index in [1.807, 2.05) is 0 Å². The Morgan fingerprint density at radius 1 is 1.47 bits per heavy atom. The molecule has 5 heteroatoms. The predicted molar refractivity (Wildman–Crippen MR) is 67.3 cm³/mol. The van der Waals surface area contributed by atoms with E-state index in [0.717, 1.165) is 6.42 Å². The zero-order valence-corrected chi connectivity index (χ0v) is 11.1. The standard InChI is InChI=1S/C12H26N2O3/c1-9(2)4-10(6-13)5-11(16)14-7-12(3,17)8-15/h9-10,15,17H,4-8,13H2,1-3H3,(H,14,16)/t10-,12?/m0/s1. The Kier molecular flexibility index (Phi) is 7.34. The van der Waals surface area contributed by atoms with Crippen molar-refractivity contribution in [3.05, 3.63) is 0 Å². The van der Waals surface area contributed by atoms with Gasteiger partial charge in [0.05, 0.1) is 6.61 Å². The third-order valence-corrected chi connectivity index (χ3v) is 2.62. The summed E-state index contributed by atoms with van der Waals surface area (Å²) in [6.07, 6.45) is 1.29. The summed E-state index contributed by atoms with van der Waals surface area (Å²) in [5.74, 6) is 0.556. The molecule has 0 aromatic carbocycles. The number of aliphatic hydroxyl groups is 2. The molecule has 0 heterocycles. The van der Waals surface area contributed by atoms with Crippen LogP contribution >= 0.6 is 0 Å². The summed E-state index contributed by atoms with van der Waals surface area (Å²) in [4.78, 5) is 11.6. The number of aliphatic hydroxyl groups excluding tert-OH is 1. The van der Waals surface area contributed by atoms with Gasteiger partial charge in [0.2, 0.25) is 5.91 Å². The SMILES string of the molecule is CC(C)C[C@H](CN)CC(=O)NCC(C)(O)CO. The second kappa shape index (κ2) is 7.63. The van der Waals surface area contributed by atoms with Crippen LogP contribution in [0, 0.1) is 11.8 Å². The predicted octanol–water partition coefficient (Wildman–Crippen LogP) is -0.143. The van der Waals surface area contributed by atoms with Crippen molar-refractivity contribution in [3.8, 4) is 0 Å². The quantitative estimate of drug-likeness (QED) is 0.479. The maximum atomic E-state index is 11.6. The second-order valence-electron chi connectivity index (χ2n) is 5.37. The Balaban J connectivity index is 3.99. The summed E-state index contributed by atoms with van der Waals surface area (Å²) in [6.45, 7) is 5.83. The van der Waals surface area contributed by atoms with Gasteiger partial charge in [-0.05, 0) is 31.7 Å². The molecule has 102 valence electrons.